The summed E-state index contributed by atoms with van der Waals surface area (Å²) in [6.45, 7) is 1.31. The van der Waals surface area contributed by atoms with Gasteiger partial charge < -0.3 is 10.1 Å². The highest BCUT2D eigenvalue weighted by molar-refractivity contribution is 6.30. The summed E-state index contributed by atoms with van der Waals surface area (Å²) in [6, 6.07) is 26.0. The van der Waals surface area contributed by atoms with Crippen LogP contribution in [0, 0.1) is 0 Å². The molecule has 0 amide bonds. The van der Waals surface area contributed by atoms with Gasteiger partial charge in [-0.05, 0) is 47.5 Å². The van der Waals surface area contributed by atoms with Crippen LogP contribution in [0.4, 0.5) is 5.69 Å². The Morgan fingerprint density at radius 3 is 2.30 bits per heavy atom. The fourth-order valence-electron chi connectivity index (χ4n) is 2.26. The van der Waals surface area contributed by atoms with Crippen LogP contribution in [0.25, 0.3) is 0 Å². The number of para-hydroxylation sites is 1. The summed E-state index contributed by atoms with van der Waals surface area (Å²) in [5.74, 6) is 0.855. The third kappa shape index (κ3) is 4.76. The fourth-order valence-corrected chi connectivity index (χ4v) is 2.47. The van der Waals surface area contributed by atoms with Crippen molar-refractivity contribution in [2.45, 2.75) is 13.2 Å². The molecule has 2 nitrogen and oxygen atoms in total. The predicted molar refractivity (Wildman–Crippen MR) is 96.0 cm³/mol. The van der Waals surface area contributed by atoms with Gasteiger partial charge in [0.05, 0.1) is 0 Å². The van der Waals surface area contributed by atoms with E-state index in [2.05, 4.69) is 29.6 Å². The zero-order valence-electron chi connectivity index (χ0n) is 12.7. The van der Waals surface area contributed by atoms with Gasteiger partial charge in [0.1, 0.15) is 12.4 Å². The minimum absolute atomic E-state index is 0.516. The number of anilines is 1. The summed E-state index contributed by atoms with van der Waals surface area (Å²) in [4.78, 5) is 0. The molecular formula is C20H18ClNO. The summed E-state index contributed by atoms with van der Waals surface area (Å²) >= 11 is 5.97. The first-order valence-electron chi connectivity index (χ1n) is 7.55. The van der Waals surface area contributed by atoms with Gasteiger partial charge in [-0.15, -0.1) is 0 Å². The number of halogens is 1. The van der Waals surface area contributed by atoms with Gasteiger partial charge in [0.25, 0.3) is 0 Å². The van der Waals surface area contributed by atoms with E-state index in [0.717, 1.165) is 28.6 Å². The van der Waals surface area contributed by atoms with Crippen molar-refractivity contribution in [3.8, 4) is 5.75 Å². The van der Waals surface area contributed by atoms with E-state index >= 15 is 0 Å². The van der Waals surface area contributed by atoms with Gasteiger partial charge in [0.2, 0.25) is 0 Å². The molecule has 0 saturated heterocycles. The zero-order valence-corrected chi connectivity index (χ0v) is 13.5. The van der Waals surface area contributed by atoms with E-state index < -0.39 is 0 Å². The van der Waals surface area contributed by atoms with E-state index in [4.69, 9.17) is 16.3 Å². The number of hydrogen-bond donors (Lipinski definition) is 1. The van der Waals surface area contributed by atoms with Crippen LogP contribution in [-0.4, -0.2) is 0 Å². The number of ether oxygens (including phenoxy) is 1. The van der Waals surface area contributed by atoms with E-state index in [1.54, 1.807) is 0 Å². The fraction of sp³-hybridized carbons (Fsp3) is 0.100. The molecule has 0 aliphatic carbocycles. The summed E-state index contributed by atoms with van der Waals surface area (Å²) in [5.41, 5.74) is 3.39. The van der Waals surface area contributed by atoms with Crippen molar-refractivity contribution in [1.29, 1.82) is 0 Å². The largest absolute Gasteiger partial charge is 0.489 e. The summed E-state index contributed by atoms with van der Waals surface area (Å²) in [5, 5.41) is 4.12. The van der Waals surface area contributed by atoms with E-state index in [0.29, 0.717) is 6.61 Å². The molecule has 0 saturated carbocycles. The third-order valence-corrected chi connectivity index (χ3v) is 3.72. The van der Waals surface area contributed by atoms with Gasteiger partial charge in [-0.2, -0.15) is 0 Å². The first-order chi connectivity index (χ1) is 11.3. The molecular weight excluding hydrogens is 306 g/mol. The van der Waals surface area contributed by atoms with Gasteiger partial charge in [0.15, 0.2) is 0 Å². The van der Waals surface area contributed by atoms with Gasteiger partial charge >= 0.3 is 0 Å². The minimum atomic E-state index is 0.516. The van der Waals surface area contributed by atoms with Crippen molar-refractivity contribution < 1.29 is 4.74 Å². The van der Waals surface area contributed by atoms with Crippen molar-refractivity contribution in [3.63, 3.8) is 0 Å². The lowest BCUT2D eigenvalue weighted by molar-refractivity contribution is 0.306. The Morgan fingerprint density at radius 1 is 0.783 bits per heavy atom. The van der Waals surface area contributed by atoms with Crippen LogP contribution in [-0.2, 0) is 13.2 Å². The van der Waals surface area contributed by atoms with E-state index in [9.17, 15) is 0 Å². The van der Waals surface area contributed by atoms with Crippen molar-refractivity contribution in [2.24, 2.45) is 0 Å². The van der Waals surface area contributed by atoms with Crippen molar-refractivity contribution >= 4 is 17.3 Å². The van der Waals surface area contributed by atoms with Crippen molar-refractivity contribution in [3.05, 3.63) is 95.0 Å². The smallest absolute Gasteiger partial charge is 0.119 e. The van der Waals surface area contributed by atoms with Crippen LogP contribution in [0.1, 0.15) is 11.1 Å². The Labute approximate surface area is 141 Å². The van der Waals surface area contributed by atoms with Crippen molar-refractivity contribution in [1.82, 2.24) is 0 Å². The quantitative estimate of drug-likeness (QED) is 0.644. The van der Waals surface area contributed by atoms with Gasteiger partial charge in [0, 0.05) is 17.3 Å². The maximum absolute atomic E-state index is 5.97. The van der Waals surface area contributed by atoms with Crippen LogP contribution in [0.2, 0.25) is 5.02 Å². The van der Waals surface area contributed by atoms with E-state index in [1.807, 2.05) is 54.6 Å². The second-order valence-electron chi connectivity index (χ2n) is 5.28. The first kappa shape index (κ1) is 15.4. The lowest BCUT2D eigenvalue weighted by atomic mass is 10.2. The Bertz CT molecular complexity index is 741. The topological polar surface area (TPSA) is 21.3 Å². The lowest BCUT2D eigenvalue weighted by Crippen LogP contribution is -1.99. The van der Waals surface area contributed by atoms with Crippen LogP contribution < -0.4 is 10.1 Å². The first-order valence-corrected chi connectivity index (χ1v) is 7.92. The molecule has 3 aromatic carbocycles. The molecule has 0 aliphatic rings. The number of hydrogen-bond acceptors (Lipinski definition) is 2. The molecule has 0 aromatic heterocycles. The summed E-state index contributed by atoms with van der Waals surface area (Å²) in [7, 11) is 0. The maximum atomic E-state index is 5.97. The highest BCUT2D eigenvalue weighted by Crippen LogP contribution is 2.17. The van der Waals surface area contributed by atoms with Gasteiger partial charge in [-0.3, -0.25) is 0 Å². The highest BCUT2D eigenvalue weighted by atomic mass is 35.5. The monoisotopic (exact) mass is 323 g/mol. The molecule has 3 rings (SSSR count). The molecule has 0 bridgehead atoms. The maximum Gasteiger partial charge on any atom is 0.119 e. The molecule has 3 heteroatoms. The molecule has 0 aliphatic heterocycles. The van der Waals surface area contributed by atoms with Gasteiger partial charge in [-0.25, -0.2) is 0 Å². The van der Waals surface area contributed by atoms with E-state index in [-0.39, 0.29) is 0 Å². The van der Waals surface area contributed by atoms with E-state index in [1.165, 1.54) is 5.56 Å². The normalized spacial score (nSPS) is 10.3. The number of benzene rings is 3. The summed E-state index contributed by atoms with van der Waals surface area (Å²) in [6.07, 6.45) is 0. The molecule has 0 fully saturated rings. The predicted octanol–water partition coefficient (Wildman–Crippen LogP) is 5.53. The standard InChI is InChI=1S/C20H18ClNO/c21-18-6-4-5-17(13-18)15-23-20-11-9-16(10-12-20)14-22-19-7-2-1-3-8-19/h1-13,22H,14-15H2. The zero-order chi connectivity index (χ0) is 15.9. The average molecular weight is 324 g/mol. The Balaban J connectivity index is 1.52. The SMILES string of the molecule is Clc1cccc(COc2ccc(CNc3ccccc3)cc2)c1. The van der Waals surface area contributed by atoms with Crippen LogP contribution in [0.3, 0.4) is 0 Å². The molecule has 3 aromatic rings. The van der Waals surface area contributed by atoms with Crippen LogP contribution in [0.5, 0.6) is 5.75 Å². The van der Waals surface area contributed by atoms with Crippen LogP contribution in [0.15, 0.2) is 78.9 Å². The molecule has 0 atom stereocenters. The second-order valence-corrected chi connectivity index (χ2v) is 5.72. The van der Waals surface area contributed by atoms with Crippen molar-refractivity contribution in [2.75, 3.05) is 5.32 Å². The second kappa shape index (κ2) is 7.70. The highest BCUT2D eigenvalue weighted by Gasteiger charge is 1.99. The number of nitrogens with one attached hydrogen (secondary N) is 1. The minimum Gasteiger partial charge on any atom is -0.489 e. The number of rotatable bonds is 6. The molecule has 1 N–H and O–H groups in total. The lowest BCUT2D eigenvalue weighted by Gasteiger charge is -2.09. The Kier molecular flexibility index (Phi) is 5.17. The third-order valence-electron chi connectivity index (χ3n) is 3.49. The average Bonchev–Trinajstić information content (AvgIpc) is 2.60. The molecule has 0 unspecified atom stereocenters. The Hall–Kier alpha value is -2.45. The molecule has 116 valence electrons. The molecule has 23 heavy (non-hydrogen) atoms. The molecule has 0 spiro atoms. The summed E-state index contributed by atoms with van der Waals surface area (Å²) < 4.78 is 5.79. The van der Waals surface area contributed by atoms with Gasteiger partial charge in [-0.1, -0.05) is 54.1 Å². The molecule has 0 radical (unpaired) electrons. The van der Waals surface area contributed by atoms with Crippen LogP contribution >= 0.6 is 11.6 Å². The Morgan fingerprint density at radius 2 is 1.57 bits per heavy atom. The molecule has 0 heterocycles.